The lowest BCUT2D eigenvalue weighted by molar-refractivity contribution is 0.666. The third-order valence-electron chi connectivity index (χ3n) is 5.78. The fourth-order valence-electron chi connectivity index (χ4n) is 4.30. The van der Waals surface area contributed by atoms with E-state index in [1.807, 2.05) is 72.4 Å². The number of aryl methyl sites for hydroxylation is 1. The topological polar surface area (TPSA) is 54.9 Å². The molecular weight excluding hydrogens is 392 g/mol. The number of pyridine rings is 2. The van der Waals surface area contributed by atoms with Crippen LogP contribution in [0.2, 0.25) is 0 Å². The minimum atomic E-state index is -0.00390. The molecule has 0 amide bonds. The fraction of sp³-hybridized carbons (Fsp3) is 0.200. The van der Waals surface area contributed by atoms with Crippen LogP contribution in [0, 0.1) is 0 Å². The van der Waals surface area contributed by atoms with E-state index in [-0.39, 0.29) is 10.9 Å². The average Bonchev–Trinajstić information content (AvgIpc) is 2.78. The van der Waals surface area contributed by atoms with Crippen LogP contribution in [0.5, 0.6) is 0 Å². The summed E-state index contributed by atoms with van der Waals surface area (Å²) in [6.07, 6.45) is 4.25. The summed E-state index contributed by atoms with van der Waals surface area (Å²) in [5.41, 5.74) is 3.25. The molecule has 1 N–H and O–H groups in total. The molecule has 0 fully saturated rings. The van der Waals surface area contributed by atoms with Gasteiger partial charge >= 0.3 is 0 Å². The van der Waals surface area contributed by atoms with Crippen LogP contribution in [0.15, 0.2) is 70.3 Å². The van der Waals surface area contributed by atoms with Gasteiger partial charge in [-0.15, -0.1) is 0 Å². The highest BCUT2D eigenvalue weighted by Gasteiger charge is 2.14. The summed E-state index contributed by atoms with van der Waals surface area (Å²) in [7, 11) is 0. The van der Waals surface area contributed by atoms with Crippen molar-refractivity contribution in [1.29, 1.82) is 0 Å². The number of H-pyrrole nitrogens is 1. The molecule has 0 bridgehead atoms. The zero-order valence-corrected chi connectivity index (χ0v) is 17.6. The highest BCUT2D eigenvalue weighted by atomic mass is 32.2. The summed E-state index contributed by atoms with van der Waals surface area (Å²) >= 11 is 1.85. The first-order valence-corrected chi connectivity index (χ1v) is 11.6. The summed E-state index contributed by atoms with van der Waals surface area (Å²) in [6, 6.07) is 19.0. The molecule has 30 heavy (non-hydrogen) atoms. The number of hydrogen-bond donors (Lipinski definition) is 1. The van der Waals surface area contributed by atoms with Gasteiger partial charge in [0.15, 0.2) is 10.9 Å². The molecule has 0 aliphatic rings. The van der Waals surface area contributed by atoms with Crippen LogP contribution in [-0.4, -0.2) is 21.6 Å². The molecule has 0 saturated carbocycles. The fourth-order valence-corrected chi connectivity index (χ4v) is 4.79. The van der Waals surface area contributed by atoms with Crippen molar-refractivity contribution < 1.29 is 0 Å². The average molecular weight is 415 g/mol. The number of para-hydroxylation sites is 2. The van der Waals surface area contributed by atoms with Crippen molar-refractivity contribution in [1.82, 2.24) is 9.55 Å². The number of aromatic amines is 1. The zero-order chi connectivity index (χ0) is 20.7. The van der Waals surface area contributed by atoms with Crippen molar-refractivity contribution in [2.45, 2.75) is 19.4 Å². The third kappa shape index (κ3) is 3.01. The van der Waals surface area contributed by atoms with Crippen LogP contribution in [-0.2, 0) is 6.54 Å². The van der Waals surface area contributed by atoms with E-state index in [9.17, 15) is 9.59 Å². The Balaban J connectivity index is 1.87. The minimum absolute atomic E-state index is 0.00390. The number of nitrogens with one attached hydrogen (secondary N) is 1. The number of unbranched alkanes of at least 4 members (excludes halogenated alkanes) is 1. The predicted octanol–water partition coefficient (Wildman–Crippen LogP) is 5.29. The number of hydrogen-bond acceptors (Lipinski definition) is 3. The Labute approximate surface area is 177 Å². The molecule has 0 aliphatic carbocycles. The van der Waals surface area contributed by atoms with Crippen molar-refractivity contribution in [3.63, 3.8) is 0 Å². The van der Waals surface area contributed by atoms with Crippen LogP contribution >= 0.6 is 11.8 Å². The SMILES string of the molecule is CSCCCCn1c2ccccc2c(=O)c2cc3[nH]c4ccccc4c(=O)c3cc21. The molecule has 5 rings (SSSR count). The largest absolute Gasteiger partial charge is 0.354 e. The summed E-state index contributed by atoms with van der Waals surface area (Å²) in [6.45, 7) is 0.814. The third-order valence-corrected chi connectivity index (χ3v) is 6.47. The van der Waals surface area contributed by atoms with E-state index in [1.165, 1.54) is 0 Å². The van der Waals surface area contributed by atoms with Gasteiger partial charge in [0.05, 0.1) is 16.6 Å². The first-order chi connectivity index (χ1) is 14.7. The zero-order valence-electron chi connectivity index (χ0n) is 16.8. The maximum absolute atomic E-state index is 13.3. The molecule has 5 heteroatoms. The van der Waals surface area contributed by atoms with Gasteiger partial charge in [0.2, 0.25) is 0 Å². The molecule has 0 atom stereocenters. The van der Waals surface area contributed by atoms with Crippen molar-refractivity contribution in [2.24, 2.45) is 0 Å². The van der Waals surface area contributed by atoms with Gasteiger partial charge in [-0.25, -0.2) is 0 Å². The molecule has 150 valence electrons. The predicted molar refractivity (Wildman–Crippen MR) is 129 cm³/mol. The molecule has 0 aliphatic heterocycles. The van der Waals surface area contributed by atoms with Gasteiger partial charge in [-0.3, -0.25) is 9.59 Å². The van der Waals surface area contributed by atoms with Crippen LogP contribution in [0.4, 0.5) is 0 Å². The van der Waals surface area contributed by atoms with E-state index in [4.69, 9.17) is 0 Å². The standard InChI is InChI=1S/C25H22N2O2S/c1-30-13-7-6-12-27-22-11-5-3-9-17(22)25(29)19-14-21-18(15-23(19)27)24(28)16-8-2-4-10-20(16)26-21/h2-5,8-11,14-15H,6-7,12-13H2,1H3,(H,26,28). The highest BCUT2D eigenvalue weighted by Crippen LogP contribution is 2.24. The van der Waals surface area contributed by atoms with Gasteiger partial charge in [-0.1, -0.05) is 24.3 Å². The van der Waals surface area contributed by atoms with Crippen LogP contribution in [0.3, 0.4) is 0 Å². The maximum atomic E-state index is 13.3. The normalized spacial score (nSPS) is 11.8. The van der Waals surface area contributed by atoms with Crippen molar-refractivity contribution in [2.75, 3.05) is 12.0 Å². The Kier molecular flexibility index (Phi) is 4.83. The number of rotatable bonds is 5. The molecule has 0 spiro atoms. The Morgan fingerprint density at radius 2 is 1.50 bits per heavy atom. The van der Waals surface area contributed by atoms with Crippen LogP contribution in [0.25, 0.3) is 43.6 Å². The Hall–Kier alpha value is -3.05. The second-order valence-corrected chi connectivity index (χ2v) is 8.60. The molecule has 0 unspecified atom stereocenters. The highest BCUT2D eigenvalue weighted by molar-refractivity contribution is 7.98. The molecule has 4 nitrogen and oxygen atoms in total. The van der Waals surface area contributed by atoms with E-state index >= 15 is 0 Å². The molecule has 5 aromatic rings. The van der Waals surface area contributed by atoms with Gasteiger partial charge in [0.25, 0.3) is 0 Å². The van der Waals surface area contributed by atoms with Gasteiger partial charge in [0, 0.05) is 33.6 Å². The summed E-state index contributed by atoms with van der Waals surface area (Å²) in [5.74, 6) is 1.12. The van der Waals surface area contributed by atoms with Gasteiger partial charge in [0.1, 0.15) is 0 Å². The smallest absolute Gasteiger partial charge is 0.197 e. The van der Waals surface area contributed by atoms with Crippen molar-refractivity contribution in [3.05, 3.63) is 81.1 Å². The van der Waals surface area contributed by atoms with E-state index < -0.39 is 0 Å². The number of fused-ring (bicyclic) bond motifs is 4. The number of nitrogens with zero attached hydrogens (tertiary/aromatic N) is 1. The Morgan fingerprint density at radius 1 is 0.767 bits per heavy atom. The summed E-state index contributed by atoms with van der Waals surface area (Å²) in [4.78, 5) is 29.8. The Bertz CT molecular complexity index is 1530. The lowest BCUT2D eigenvalue weighted by atomic mass is 10.0. The molecular formula is C25H22N2O2S. The summed E-state index contributed by atoms with van der Waals surface area (Å²) in [5, 5.41) is 2.65. The maximum Gasteiger partial charge on any atom is 0.197 e. The van der Waals surface area contributed by atoms with Crippen molar-refractivity contribution >= 4 is 55.4 Å². The van der Waals surface area contributed by atoms with E-state index in [0.29, 0.717) is 21.7 Å². The molecule has 2 heterocycles. The second-order valence-electron chi connectivity index (χ2n) is 7.61. The van der Waals surface area contributed by atoms with Crippen molar-refractivity contribution in [3.8, 4) is 0 Å². The van der Waals surface area contributed by atoms with E-state index in [2.05, 4.69) is 15.8 Å². The number of benzene rings is 3. The second kappa shape index (κ2) is 7.65. The molecule has 2 aromatic heterocycles. The van der Waals surface area contributed by atoms with Crippen LogP contribution < -0.4 is 10.9 Å². The first kappa shape index (κ1) is 18.9. The first-order valence-electron chi connectivity index (χ1n) is 10.2. The van der Waals surface area contributed by atoms with E-state index in [0.717, 1.165) is 47.1 Å². The lowest BCUT2D eigenvalue weighted by Crippen LogP contribution is -2.13. The quantitative estimate of drug-likeness (QED) is 0.314. The summed E-state index contributed by atoms with van der Waals surface area (Å²) < 4.78 is 2.21. The lowest BCUT2D eigenvalue weighted by Gasteiger charge is -2.16. The monoisotopic (exact) mass is 414 g/mol. The molecule has 3 aromatic carbocycles. The van der Waals surface area contributed by atoms with Gasteiger partial charge in [-0.05, 0) is 61.2 Å². The van der Waals surface area contributed by atoms with Crippen LogP contribution in [0.1, 0.15) is 12.8 Å². The molecule has 0 radical (unpaired) electrons. The minimum Gasteiger partial charge on any atom is -0.354 e. The molecule has 0 saturated heterocycles. The number of thioether (sulfide) groups is 1. The van der Waals surface area contributed by atoms with E-state index in [1.54, 1.807) is 0 Å². The van der Waals surface area contributed by atoms with Gasteiger partial charge < -0.3 is 9.55 Å². The Morgan fingerprint density at radius 3 is 2.33 bits per heavy atom. The van der Waals surface area contributed by atoms with Gasteiger partial charge in [-0.2, -0.15) is 11.8 Å². The number of aromatic nitrogens is 2.